The molecular formula is C12H14N2. The zero-order chi connectivity index (χ0) is 10.1. The fourth-order valence-corrected chi connectivity index (χ4v) is 0.931. The van der Waals surface area contributed by atoms with Gasteiger partial charge in [-0.25, -0.2) is 4.98 Å². The summed E-state index contributed by atoms with van der Waals surface area (Å²) >= 11 is 0. The second kappa shape index (κ2) is 6.66. The number of benzene rings is 1. The molecule has 1 aromatic carbocycles. The van der Waals surface area contributed by atoms with Crippen molar-refractivity contribution in [1.29, 1.82) is 0 Å². The van der Waals surface area contributed by atoms with Crippen molar-refractivity contribution >= 4 is 0 Å². The fourth-order valence-electron chi connectivity index (χ4n) is 0.931. The Morgan fingerprint density at radius 3 is 2.07 bits per heavy atom. The molecule has 1 aromatic heterocycles. The predicted octanol–water partition coefficient (Wildman–Crippen LogP) is 2.82. The number of nitrogens with zero attached hydrogens (tertiary/aromatic N) is 1. The molecule has 0 aliphatic rings. The molecular weight excluding hydrogens is 172 g/mol. The molecule has 2 rings (SSSR count). The Labute approximate surface area is 84.3 Å². The van der Waals surface area contributed by atoms with Crippen LogP contribution >= 0.6 is 0 Å². The minimum Gasteiger partial charge on any atom is -0.348 e. The smallest absolute Gasteiger partial charge is 0.109 e. The minimum atomic E-state index is 0.826. The first-order valence-corrected chi connectivity index (χ1v) is 4.52. The Bertz CT molecular complexity index is 298. The Kier molecular flexibility index (Phi) is 4.88. The largest absolute Gasteiger partial charge is 0.348 e. The Balaban J connectivity index is 0.000000146. The quantitative estimate of drug-likeness (QED) is 0.718. The van der Waals surface area contributed by atoms with Gasteiger partial charge in [-0.2, -0.15) is 0 Å². The Morgan fingerprint density at radius 2 is 1.71 bits per heavy atom. The number of aromatic nitrogens is 2. The fraction of sp³-hybridized carbons (Fsp3) is 0.0833. The highest BCUT2D eigenvalue weighted by Gasteiger charge is 1.85. The van der Waals surface area contributed by atoms with Gasteiger partial charge in [-0.15, -0.1) is 6.58 Å². The molecule has 0 radical (unpaired) electrons. The molecule has 0 saturated heterocycles. The van der Waals surface area contributed by atoms with Gasteiger partial charge in [-0.05, 0) is 0 Å². The van der Waals surface area contributed by atoms with E-state index in [0.29, 0.717) is 0 Å². The molecule has 0 spiro atoms. The lowest BCUT2D eigenvalue weighted by atomic mass is 10.4. The molecule has 0 unspecified atom stereocenters. The van der Waals surface area contributed by atoms with E-state index in [1.807, 2.05) is 42.5 Å². The molecule has 0 aliphatic carbocycles. The van der Waals surface area contributed by atoms with E-state index in [-0.39, 0.29) is 0 Å². The van der Waals surface area contributed by atoms with Crippen LogP contribution in [0.5, 0.6) is 0 Å². The average Bonchev–Trinajstić information content (AvgIpc) is 2.75. The van der Waals surface area contributed by atoms with Gasteiger partial charge in [0.2, 0.25) is 0 Å². The van der Waals surface area contributed by atoms with E-state index in [1.54, 1.807) is 12.4 Å². The highest BCUT2D eigenvalue weighted by Crippen LogP contribution is 1.88. The molecule has 0 fully saturated rings. The molecule has 1 N–H and O–H groups in total. The SMILES string of the molecule is C=CCc1ncc[nH]1.c1ccccc1. The highest BCUT2D eigenvalue weighted by atomic mass is 14.9. The van der Waals surface area contributed by atoms with E-state index < -0.39 is 0 Å². The van der Waals surface area contributed by atoms with E-state index in [9.17, 15) is 0 Å². The highest BCUT2D eigenvalue weighted by molar-refractivity contribution is 4.99. The third-order valence-corrected chi connectivity index (χ3v) is 1.56. The number of aromatic amines is 1. The van der Waals surface area contributed by atoms with Crippen LogP contribution in [-0.4, -0.2) is 9.97 Å². The number of imidazole rings is 1. The maximum Gasteiger partial charge on any atom is 0.109 e. The molecule has 2 aromatic rings. The summed E-state index contributed by atoms with van der Waals surface area (Å²) < 4.78 is 0. The second-order valence-electron chi connectivity index (χ2n) is 2.68. The summed E-state index contributed by atoms with van der Waals surface area (Å²) in [4.78, 5) is 6.93. The normalized spacial score (nSPS) is 8.57. The van der Waals surface area contributed by atoms with Gasteiger partial charge in [0, 0.05) is 18.8 Å². The van der Waals surface area contributed by atoms with Gasteiger partial charge >= 0.3 is 0 Å². The van der Waals surface area contributed by atoms with Crippen molar-refractivity contribution in [2.75, 3.05) is 0 Å². The van der Waals surface area contributed by atoms with E-state index in [1.165, 1.54) is 0 Å². The van der Waals surface area contributed by atoms with Gasteiger partial charge in [0.25, 0.3) is 0 Å². The van der Waals surface area contributed by atoms with Gasteiger partial charge in [-0.1, -0.05) is 42.5 Å². The summed E-state index contributed by atoms with van der Waals surface area (Å²) in [6.07, 6.45) is 6.18. The molecule has 0 atom stereocenters. The monoisotopic (exact) mass is 186 g/mol. The third kappa shape index (κ3) is 4.26. The molecule has 0 saturated carbocycles. The molecule has 1 heterocycles. The van der Waals surface area contributed by atoms with Crippen molar-refractivity contribution in [3.8, 4) is 0 Å². The Hall–Kier alpha value is -1.83. The topological polar surface area (TPSA) is 28.7 Å². The molecule has 0 amide bonds. The van der Waals surface area contributed by atoms with Crippen LogP contribution in [0.2, 0.25) is 0 Å². The van der Waals surface area contributed by atoms with E-state index in [2.05, 4.69) is 16.5 Å². The number of rotatable bonds is 2. The van der Waals surface area contributed by atoms with E-state index in [0.717, 1.165) is 12.2 Å². The number of nitrogens with one attached hydrogen (secondary N) is 1. The van der Waals surface area contributed by atoms with Crippen LogP contribution in [0.3, 0.4) is 0 Å². The van der Waals surface area contributed by atoms with Gasteiger partial charge in [0.15, 0.2) is 0 Å². The standard InChI is InChI=1S/C6H8N2.C6H6/c1-2-3-6-7-4-5-8-6;1-2-4-6-5-3-1/h2,4-5H,1,3H2,(H,7,8);1-6H. The lowest BCUT2D eigenvalue weighted by molar-refractivity contribution is 1.06. The number of H-pyrrole nitrogens is 1. The molecule has 2 heteroatoms. The summed E-state index contributed by atoms with van der Waals surface area (Å²) in [6.45, 7) is 3.58. The van der Waals surface area contributed by atoms with Crippen molar-refractivity contribution in [3.63, 3.8) is 0 Å². The van der Waals surface area contributed by atoms with Crippen LogP contribution in [-0.2, 0) is 6.42 Å². The van der Waals surface area contributed by atoms with Crippen LogP contribution in [0.4, 0.5) is 0 Å². The first kappa shape index (κ1) is 10.3. The number of allylic oxidation sites excluding steroid dienone is 1. The second-order valence-corrected chi connectivity index (χ2v) is 2.68. The Morgan fingerprint density at radius 1 is 1.14 bits per heavy atom. The van der Waals surface area contributed by atoms with Gasteiger partial charge in [-0.3, -0.25) is 0 Å². The van der Waals surface area contributed by atoms with Gasteiger partial charge in [0.1, 0.15) is 5.82 Å². The summed E-state index contributed by atoms with van der Waals surface area (Å²) in [5.41, 5.74) is 0. The van der Waals surface area contributed by atoms with Crippen molar-refractivity contribution in [2.45, 2.75) is 6.42 Å². The lowest BCUT2D eigenvalue weighted by Gasteiger charge is -1.82. The van der Waals surface area contributed by atoms with Crippen LogP contribution < -0.4 is 0 Å². The minimum absolute atomic E-state index is 0.826. The molecule has 2 nitrogen and oxygen atoms in total. The van der Waals surface area contributed by atoms with Crippen LogP contribution in [0.25, 0.3) is 0 Å². The van der Waals surface area contributed by atoms with Gasteiger partial charge < -0.3 is 4.98 Å². The number of hydrogen-bond acceptors (Lipinski definition) is 1. The average molecular weight is 186 g/mol. The zero-order valence-corrected chi connectivity index (χ0v) is 8.06. The van der Waals surface area contributed by atoms with Crippen molar-refractivity contribution in [3.05, 3.63) is 67.3 Å². The molecule has 14 heavy (non-hydrogen) atoms. The van der Waals surface area contributed by atoms with Gasteiger partial charge in [0.05, 0.1) is 0 Å². The van der Waals surface area contributed by atoms with E-state index in [4.69, 9.17) is 0 Å². The maximum atomic E-state index is 3.98. The van der Waals surface area contributed by atoms with Crippen molar-refractivity contribution in [2.24, 2.45) is 0 Å². The predicted molar refractivity (Wildman–Crippen MR) is 58.9 cm³/mol. The van der Waals surface area contributed by atoms with Crippen LogP contribution in [0.1, 0.15) is 5.82 Å². The lowest BCUT2D eigenvalue weighted by Crippen LogP contribution is -1.80. The summed E-state index contributed by atoms with van der Waals surface area (Å²) in [5.74, 6) is 0.972. The zero-order valence-electron chi connectivity index (χ0n) is 8.06. The van der Waals surface area contributed by atoms with Crippen molar-refractivity contribution < 1.29 is 0 Å². The first-order chi connectivity index (χ1) is 6.93. The molecule has 72 valence electrons. The van der Waals surface area contributed by atoms with Crippen molar-refractivity contribution in [1.82, 2.24) is 9.97 Å². The van der Waals surface area contributed by atoms with E-state index >= 15 is 0 Å². The van der Waals surface area contributed by atoms with Crippen LogP contribution in [0, 0.1) is 0 Å². The summed E-state index contributed by atoms with van der Waals surface area (Å²) in [6, 6.07) is 12.0. The maximum absolute atomic E-state index is 3.98. The summed E-state index contributed by atoms with van der Waals surface area (Å²) in [5, 5.41) is 0. The molecule has 0 aliphatic heterocycles. The number of hydrogen-bond donors (Lipinski definition) is 1. The van der Waals surface area contributed by atoms with Crippen LogP contribution in [0.15, 0.2) is 61.4 Å². The molecule has 0 bridgehead atoms. The third-order valence-electron chi connectivity index (χ3n) is 1.56. The first-order valence-electron chi connectivity index (χ1n) is 4.52. The summed E-state index contributed by atoms with van der Waals surface area (Å²) in [7, 11) is 0.